The van der Waals surface area contributed by atoms with Crippen molar-refractivity contribution in [1.29, 1.82) is 0 Å². The summed E-state index contributed by atoms with van der Waals surface area (Å²) in [6.45, 7) is 3.64. The van der Waals surface area contributed by atoms with Crippen molar-refractivity contribution in [3.8, 4) is 11.5 Å². The van der Waals surface area contributed by atoms with E-state index in [2.05, 4.69) is 5.32 Å². The zero-order valence-corrected chi connectivity index (χ0v) is 14.1. The third-order valence-corrected chi connectivity index (χ3v) is 3.72. The van der Waals surface area contributed by atoms with Crippen LogP contribution in [0.3, 0.4) is 0 Å². The fourth-order valence-electron chi connectivity index (χ4n) is 2.08. The molecule has 2 atom stereocenters. The highest BCUT2D eigenvalue weighted by atomic mass is 35.5. The quantitative estimate of drug-likeness (QED) is 0.869. The van der Waals surface area contributed by atoms with Gasteiger partial charge < -0.3 is 14.8 Å². The minimum Gasteiger partial charge on any atom is -0.497 e. The van der Waals surface area contributed by atoms with Gasteiger partial charge in [-0.25, -0.2) is 0 Å². The Morgan fingerprint density at radius 2 is 1.57 bits per heavy atom. The van der Waals surface area contributed by atoms with Gasteiger partial charge >= 0.3 is 0 Å². The number of benzene rings is 2. The summed E-state index contributed by atoms with van der Waals surface area (Å²) in [4.78, 5) is 12.2. The second-order valence-corrected chi connectivity index (χ2v) is 5.65. The van der Waals surface area contributed by atoms with Crippen LogP contribution in [0, 0.1) is 0 Å². The summed E-state index contributed by atoms with van der Waals surface area (Å²) in [5.41, 5.74) is 0.998. The minimum atomic E-state index is -0.600. The van der Waals surface area contributed by atoms with Gasteiger partial charge in [-0.05, 0) is 55.8 Å². The van der Waals surface area contributed by atoms with Crippen molar-refractivity contribution >= 4 is 17.5 Å². The lowest BCUT2D eigenvalue weighted by Crippen LogP contribution is -2.37. The van der Waals surface area contributed by atoms with E-state index in [9.17, 15) is 4.79 Å². The van der Waals surface area contributed by atoms with E-state index in [4.69, 9.17) is 21.1 Å². The second kappa shape index (κ2) is 7.88. The summed E-state index contributed by atoms with van der Waals surface area (Å²) in [7, 11) is 1.62. The molecule has 5 heteroatoms. The lowest BCUT2D eigenvalue weighted by atomic mass is 10.1. The average Bonchev–Trinajstić information content (AvgIpc) is 2.56. The normalized spacial score (nSPS) is 13.0. The van der Waals surface area contributed by atoms with E-state index in [-0.39, 0.29) is 11.9 Å². The molecule has 4 nitrogen and oxygen atoms in total. The van der Waals surface area contributed by atoms with E-state index in [1.54, 1.807) is 38.3 Å². The second-order valence-electron chi connectivity index (χ2n) is 5.22. The van der Waals surface area contributed by atoms with Gasteiger partial charge in [0.25, 0.3) is 5.91 Å². The van der Waals surface area contributed by atoms with E-state index >= 15 is 0 Å². The van der Waals surface area contributed by atoms with Gasteiger partial charge in [0.15, 0.2) is 6.10 Å². The molecule has 0 radical (unpaired) electrons. The Labute approximate surface area is 141 Å². The first-order chi connectivity index (χ1) is 11.0. The molecule has 2 rings (SSSR count). The summed E-state index contributed by atoms with van der Waals surface area (Å²) in [6, 6.07) is 14.4. The molecule has 0 unspecified atom stereocenters. The van der Waals surface area contributed by atoms with Crippen molar-refractivity contribution < 1.29 is 14.3 Å². The number of rotatable bonds is 6. The highest BCUT2D eigenvalue weighted by molar-refractivity contribution is 6.30. The van der Waals surface area contributed by atoms with Gasteiger partial charge in [-0.15, -0.1) is 0 Å². The van der Waals surface area contributed by atoms with Crippen molar-refractivity contribution in [2.24, 2.45) is 0 Å². The smallest absolute Gasteiger partial charge is 0.261 e. The number of carbonyl (C=O) groups is 1. The van der Waals surface area contributed by atoms with Crippen LogP contribution in [-0.2, 0) is 4.79 Å². The van der Waals surface area contributed by atoms with E-state index in [0.29, 0.717) is 10.8 Å². The zero-order chi connectivity index (χ0) is 16.8. The number of hydrogen-bond donors (Lipinski definition) is 1. The predicted molar refractivity (Wildman–Crippen MR) is 91.1 cm³/mol. The number of halogens is 1. The summed E-state index contributed by atoms with van der Waals surface area (Å²) in [5, 5.41) is 3.56. The first-order valence-electron chi connectivity index (χ1n) is 7.36. The van der Waals surface area contributed by atoms with Crippen molar-refractivity contribution in [1.82, 2.24) is 5.32 Å². The van der Waals surface area contributed by atoms with E-state index < -0.39 is 6.10 Å². The lowest BCUT2D eigenvalue weighted by Gasteiger charge is -2.19. The largest absolute Gasteiger partial charge is 0.497 e. The van der Waals surface area contributed by atoms with Crippen LogP contribution < -0.4 is 14.8 Å². The van der Waals surface area contributed by atoms with Crippen LogP contribution >= 0.6 is 11.6 Å². The maximum atomic E-state index is 12.2. The molecule has 0 heterocycles. The first-order valence-corrected chi connectivity index (χ1v) is 7.74. The van der Waals surface area contributed by atoms with Crippen LogP contribution in [-0.4, -0.2) is 19.1 Å². The van der Waals surface area contributed by atoms with Gasteiger partial charge in [0.2, 0.25) is 0 Å². The number of carbonyl (C=O) groups excluding carboxylic acids is 1. The lowest BCUT2D eigenvalue weighted by molar-refractivity contribution is -0.127. The van der Waals surface area contributed by atoms with Gasteiger partial charge in [0.05, 0.1) is 13.2 Å². The molecule has 0 bridgehead atoms. The highest BCUT2D eigenvalue weighted by Crippen LogP contribution is 2.19. The van der Waals surface area contributed by atoms with E-state index in [0.717, 1.165) is 11.3 Å². The Balaban J connectivity index is 1.92. The number of hydrogen-bond acceptors (Lipinski definition) is 3. The number of amides is 1. The third kappa shape index (κ3) is 4.89. The highest BCUT2D eigenvalue weighted by Gasteiger charge is 2.17. The van der Waals surface area contributed by atoms with Crippen LogP contribution in [0.2, 0.25) is 5.02 Å². The summed E-state index contributed by atoms with van der Waals surface area (Å²) in [6.07, 6.45) is -0.600. The maximum Gasteiger partial charge on any atom is 0.261 e. The Hall–Kier alpha value is -2.20. The Bertz CT molecular complexity index is 640. The molecule has 1 N–H and O–H groups in total. The van der Waals surface area contributed by atoms with Gasteiger partial charge in [0.1, 0.15) is 11.5 Å². The van der Waals surface area contributed by atoms with Crippen molar-refractivity contribution in [3.63, 3.8) is 0 Å². The standard InChI is InChI=1S/C18H20ClNO3/c1-12(14-4-8-16(22-3)9-5-14)20-18(21)13(2)23-17-10-6-15(19)7-11-17/h4-13H,1-3H3,(H,20,21)/t12-,13-/m1/s1. The fraction of sp³-hybridized carbons (Fsp3) is 0.278. The van der Waals surface area contributed by atoms with Crippen LogP contribution in [0.15, 0.2) is 48.5 Å². The van der Waals surface area contributed by atoms with Crippen molar-refractivity contribution in [2.45, 2.75) is 26.0 Å². The average molecular weight is 334 g/mol. The van der Waals surface area contributed by atoms with Crippen molar-refractivity contribution in [2.75, 3.05) is 7.11 Å². The van der Waals surface area contributed by atoms with E-state index in [1.165, 1.54) is 0 Å². The Morgan fingerprint density at radius 1 is 1.00 bits per heavy atom. The molecule has 2 aromatic rings. The summed E-state index contributed by atoms with van der Waals surface area (Å²) in [5.74, 6) is 1.21. The van der Waals surface area contributed by atoms with Crippen LogP contribution in [0.4, 0.5) is 0 Å². The van der Waals surface area contributed by atoms with Gasteiger partial charge in [0, 0.05) is 5.02 Å². The van der Waals surface area contributed by atoms with E-state index in [1.807, 2.05) is 31.2 Å². The van der Waals surface area contributed by atoms with Crippen LogP contribution in [0.1, 0.15) is 25.5 Å². The monoisotopic (exact) mass is 333 g/mol. The molecule has 0 aromatic heterocycles. The fourth-order valence-corrected chi connectivity index (χ4v) is 2.20. The molecule has 0 aliphatic heterocycles. The Morgan fingerprint density at radius 3 is 2.13 bits per heavy atom. The molecule has 2 aromatic carbocycles. The number of methoxy groups -OCH3 is 1. The molecule has 0 aliphatic rings. The SMILES string of the molecule is COc1ccc([C@@H](C)NC(=O)[C@@H](C)Oc2ccc(Cl)cc2)cc1. The first kappa shape index (κ1) is 17.2. The minimum absolute atomic E-state index is 0.121. The van der Waals surface area contributed by atoms with Crippen molar-refractivity contribution in [3.05, 3.63) is 59.1 Å². The molecule has 0 saturated heterocycles. The zero-order valence-electron chi connectivity index (χ0n) is 13.4. The molecule has 0 spiro atoms. The Kier molecular flexibility index (Phi) is 5.88. The van der Waals surface area contributed by atoms with Crippen LogP contribution in [0.25, 0.3) is 0 Å². The topological polar surface area (TPSA) is 47.6 Å². The molecule has 0 saturated carbocycles. The van der Waals surface area contributed by atoms with Gasteiger partial charge in [-0.2, -0.15) is 0 Å². The number of nitrogens with one attached hydrogen (secondary N) is 1. The molecule has 122 valence electrons. The summed E-state index contributed by atoms with van der Waals surface area (Å²) >= 11 is 5.83. The van der Waals surface area contributed by atoms with Crippen LogP contribution in [0.5, 0.6) is 11.5 Å². The van der Waals surface area contributed by atoms with Gasteiger partial charge in [-0.3, -0.25) is 4.79 Å². The number of ether oxygens (including phenoxy) is 2. The molecular formula is C18H20ClNO3. The predicted octanol–water partition coefficient (Wildman–Crippen LogP) is 3.99. The molecule has 23 heavy (non-hydrogen) atoms. The maximum absolute atomic E-state index is 12.2. The molecule has 0 aliphatic carbocycles. The van der Waals surface area contributed by atoms with Gasteiger partial charge in [-0.1, -0.05) is 23.7 Å². The molecular weight excluding hydrogens is 314 g/mol. The molecule has 0 fully saturated rings. The molecule has 1 amide bonds. The summed E-state index contributed by atoms with van der Waals surface area (Å²) < 4.78 is 10.7. The third-order valence-electron chi connectivity index (χ3n) is 3.47.